The minimum Gasteiger partial charge on any atom is -0.476 e. The summed E-state index contributed by atoms with van der Waals surface area (Å²) in [5.74, 6) is -2.29. The molecule has 0 fully saturated rings. The fourth-order valence-corrected chi connectivity index (χ4v) is 2.84. The van der Waals surface area contributed by atoms with Gasteiger partial charge >= 0.3 is 5.97 Å². The Hall–Kier alpha value is -1.22. The van der Waals surface area contributed by atoms with Gasteiger partial charge in [-0.15, -0.1) is 0 Å². The number of aliphatic imine (C=N–C) groups is 1. The number of nitrogens with zero attached hydrogens (tertiary/aromatic N) is 1. The highest BCUT2D eigenvalue weighted by Crippen LogP contribution is 2.16. The SMILES string of the molecule is CS(=O)(=O)CC1=CS(=O)(=O)C(C(=O)O)=N1. The molecule has 0 aliphatic carbocycles. The molecule has 0 saturated carbocycles. The average Bonchev–Trinajstić information content (AvgIpc) is 2.20. The molecule has 0 aromatic rings. The molecule has 1 aliphatic heterocycles. The maximum atomic E-state index is 11.1. The number of aliphatic carboxylic acids is 1. The predicted molar refractivity (Wildman–Crippen MR) is 51.8 cm³/mol. The minimum atomic E-state index is -4.08. The van der Waals surface area contributed by atoms with E-state index in [1.807, 2.05) is 0 Å². The standard InChI is InChI=1S/C6H7NO6S2/c1-14(10,11)2-4-3-15(12,13)5(7-4)6(8)9/h3H,2H2,1H3,(H,8,9). The quantitative estimate of drug-likeness (QED) is 0.673. The van der Waals surface area contributed by atoms with Crippen molar-refractivity contribution in [2.24, 2.45) is 4.99 Å². The molecular weight excluding hydrogens is 246 g/mol. The third-order valence-electron chi connectivity index (χ3n) is 1.40. The number of hydrogen-bond acceptors (Lipinski definition) is 6. The number of carbonyl (C=O) groups is 1. The maximum Gasteiger partial charge on any atom is 0.366 e. The van der Waals surface area contributed by atoms with Crippen LogP contribution >= 0.6 is 0 Å². The van der Waals surface area contributed by atoms with Crippen molar-refractivity contribution < 1.29 is 26.7 Å². The van der Waals surface area contributed by atoms with Crippen LogP contribution < -0.4 is 0 Å². The van der Waals surface area contributed by atoms with E-state index < -0.39 is 36.4 Å². The Bertz CT molecular complexity index is 565. The van der Waals surface area contributed by atoms with Gasteiger partial charge in [0.2, 0.25) is 14.9 Å². The second kappa shape index (κ2) is 3.42. The van der Waals surface area contributed by atoms with Gasteiger partial charge in [-0.1, -0.05) is 0 Å². The lowest BCUT2D eigenvalue weighted by Gasteiger charge is -1.93. The first kappa shape index (κ1) is 11.9. The molecule has 0 aromatic carbocycles. The van der Waals surface area contributed by atoms with Crippen molar-refractivity contribution in [2.75, 3.05) is 12.0 Å². The molecule has 0 spiro atoms. The first-order valence-corrected chi connectivity index (χ1v) is 7.18. The molecule has 15 heavy (non-hydrogen) atoms. The highest BCUT2D eigenvalue weighted by Gasteiger charge is 2.31. The van der Waals surface area contributed by atoms with Crippen molar-refractivity contribution in [3.05, 3.63) is 11.1 Å². The van der Waals surface area contributed by atoms with Crippen molar-refractivity contribution in [1.82, 2.24) is 0 Å². The van der Waals surface area contributed by atoms with Gasteiger partial charge in [0.15, 0.2) is 9.84 Å². The summed E-state index contributed by atoms with van der Waals surface area (Å²) in [6, 6.07) is 0. The average molecular weight is 253 g/mol. The van der Waals surface area contributed by atoms with Gasteiger partial charge < -0.3 is 5.11 Å². The van der Waals surface area contributed by atoms with E-state index in [2.05, 4.69) is 4.99 Å². The zero-order chi connectivity index (χ0) is 11.9. The molecule has 1 heterocycles. The largest absolute Gasteiger partial charge is 0.476 e. The van der Waals surface area contributed by atoms with Gasteiger partial charge in [0.1, 0.15) is 0 Å². The van der Waals surface area contributed by atoms with Gasteiger partial charge in [-0.2, -0.15) is 0 Å². The van der Waals surface area contributed by atoms with E-state index >= 15 is 0 Å². The molecule has 1 aliphatic rings. The summed E-state index contributed by atoms with van der Waals surface area (Å²) < 4.78 is 43.9. The third kappa shape index (κ3) is 2.86. The molecule has 0 bridgehead atoms. The molecule has 9 heteroatoms. The first-order valence-electron chi connectivity index (χ1n) is 3.57. The van der Waals surface area contributed by atoms with Gasteiger partial charge in [-0.25, -0.2) is 26.6 Å². The van der Waals surface area contributed by atoms with Crippen LogP contribution in [0.3, 0.4) is 0 Å². The first-order chi connectivity index (χ1) is 6.62. The molecule has 84 valence electrons. The van der Waals surface area contributed by atoms with Crippen LogP contribution in [0.25, 0.3) is 0 Å². The smallest absolute Gasteiger partial charge is 0.366 e. The maximum absolute atomic E-state index is 11.1. The number of sulfone groups is 2. The van der Waals surface area contributed by atoms with Crippen molar-refractivity contribution in [2.45, 2.75) is 0 Å². The van der Waals surface area contributed by atoms with E-state index in [4.69, 9.17) is 5.11 Å². The van der Waals surface area contributed by atoms with Crippen LogP contribution in [0.1, 0.15) is 0 Å². The molecule has 0 unspecified atom stereocenters. The van der Waals surface area contributed by atoms with Crippen LogP contribution in [-0.2, 0) is 24.5 Å². The Labute approximate surface area is 86.0 Å². The lowest BCUT2D eigenvalue weighted by Crippen LogP contribution is -2.19. The summed E-state index contributed by atoms with van der Waals surface area (Å²) in [7, 11) is -7.52. The molecule has 1 rings (SSSR count). The Kier molecular flexibility index (Phi) is 2.70. The van der Waals surface area contributed by atoms with E-state index in [1.54, 1.807) is 0 Å². The van der Waals surface area contributed by atoms with Crippen LogP contribution in [0, 0.1) is 0 Å². The summed E-state index contributed by atoms with van der Waals surface area (Å²) in [4.78, 5) is 13.7. The monoisotopic (exact) mass is 253 g/mol. The molecule has 0 amide bonds. The Morgan fingerprint density at radius 2 is 2.07 bits per heavy atom. The van der Waals surface area contributed by atoms with Crippen molar-refractivity contribution in [3.8, 4) is 0 Å². The fraction of sp³-hybridized carbons (Fsp3) is 0.333. The number of rotatable bonds is 3. The van der Waals surface area contributed by atoms with E-state index in [-0.39, 0.29) is 5.70 Å². The zero-order valence-corrected chi connectivity index (χ0v) is 9.17. The summed E-state index contributed by atoms with van der Waals surface area (Å²) in [5.41, 5.74) is -0.282. The summed E-state index contributed by atoms with van der Waals surface area (Å²) >= 11 is 0. The second-order valence-corrected chi connectivity index (χ2v) is 6.80. The highest BCUT2D eigenvalue weighted by atomic mass is 32.2. The van der Waals surface area contributed by atoms with Crippen molar-refractivity contribution in [1.29, 1.82) is 0 Å². The molecule has 0 saturated heterocycles. The lowest BCUT2D eigenvalue weighted by atomic mass is 10.6. The van der Waals surface area contributed by atoms with Crippen LogP contribution in [0.15, 0.2) is 16.1 Å². The van der Waals surface area contributed by atoms with Crippen molar-refractivity contribution in [3.63, 3.8) is 0 Å². The molecule has 0 radical (unpaired) electrons. The van der Waals surface area contributed by atoms with Gasteiger partial charge in [-0.05, 0) is 0 Å². The Morgan fingerprint density at radius 1 is 1.53 bits per heavy atom. The van der Waals surface area contributed by atoms with Crippen LogP contribution in [0.2, 0.25) is 0 Å². The summed E-state index contributed by atoms with van der Waals surface area (Å²) in [6.45, 7) is 0. The number of hydrogen-bond donors (Lipinski definition) is 1. The fourth-order valence-electron chi connectivity index (χ4n) is 0.960. The Balaban J connectivity index is 3.15. The summed E-state index contributed by atoms with van der Waals surface area (Å²) in [6.07, 6.45) is 0.898. The number of carboxylic acids is 1. The molecular formula is C6H7NO6S2. The van der Waals surface area contributed by atoms with Gasteiger partial charge in [0, 0.05) is 6.26 Å². The van der Waals surface area contributed by atoms with Gasteiger partial charge in [0.05, 0.1) is 16.9 Å². The molecule has 7 nitrogen and oxygen atoms in total. The minimum absolute atomic E-state index is 0.282. The lowest BCUT2D eigenvalue weighted by molar-refractivity contribution is -0.129. The van der Waals surface area contributed by atoms with Crippen LogP contribution in [0.4, 0.5) is 0 Å². The summed E-state index contributed by atoms with van der Waals surface area (Å²) in [5, 5.41) is 7.98. The van der Waals surface area contributed by atoms with E-state index in [0.29, 0.717) is 5.41 Å². The van der Waals surface area contributed by atoms with E-state index in [0.717, 1.165) is 6.26 Å². The number of carboxylic acid groups (broad SMARTS) is 1. The molecule has 0 aromatic heterocycles. The Morgan fingerprint density at radius 3 is 2.40 bits per heavy atom. The third-order valence-corrected chi connectivity index (χ3v) is 3.61. The topological polar surface area (TPSA) is 118 Å². The highest BCUT2D eigenvalue weighted by molar-refractivity contribution is 8.11. The van der Waals surface area contributed by atoms with Crippen molar-refractivity contribution >= 4 is 30.7 Å². The van der Waals surface area contributed by atoms with Gasteiger partial charge in [0.25, 0.3) is 0 Å². The zero-order valence-electron chi connectivity index (χ0n) is 7.54. The normalized spacial score (nSPS) is 19.5. The van der Waals surface area contributed by atoms with Gasteiger partial charge in [-0.3, -0.25) is 0 Å². The molecule has 1 N–H and O–H groups in total. The molecule has 0 atom stereocenters. The van der Waals surface area contributed by atoms with Crippen LogP contribution in [0.5, 0.6) is 0 Å². The van der Waals surface area contributed by atoms with Crippen LogP contribution in [-0.4, -0.2) is 45.0 Å². The predicted octanol–water partition coefficient (Wildman–Crippen LogP) is -1.22. The second-order valence-electron chi connectivity index (χ2n) is 2.95. The van der Waals surface area contributed by atoms with E-state index in [1.165, 1.54) is 0 Å². The van der Waals surface area contributed by atoms with E-state index in [9.17, 15) is 21.6 Å².